The molecule has 2 aromatic rings. The maximum atomic E-state index is 12.1. The lowest BCUT2D eigenvalue weighted by molar-refractivity contribution is -0.141. The number of hydrogen-bond acceptors (Lipinski definition) is 6. The Labute approximate surface area is 159 Å². The maximum Gasteiger partial charge on any atom is 0.325 e. The Balaban J connectivity index is 1.45. The van der Waals surface area contributed by atoms with Crippen molar-refractivity contribution < 1.29 is 23.9 Å². The first-order valence-electron chi connectivity index (χ1n) is 8.45. The number of carbonyl (C=O) groups excluding carboxylic acids is 4. The third kappa shape index (κ3) is 4.79. The molecule has 3 rings (SSSR count). The van der Waals surface area contributed by atoms with Crippen molar-refractivity contribution >= 4 is 40.6 Å². The lowest BCUT2D eigenvalue weighted by Gasteiger charge is -2.15. The van der Waals surface area contributed by atoms with Gasteiger partial charge < -0.3 is 15.0 Å². The molecule has 1 aromatic heterocycles. The smallest absolute Gasteiger partial charge is 0.325 e. The number of carbonyl (C=O) groups is 4. The fourth-order valence-electron chi connectivity index (χ4n) is 2.67. The third-order valence-electron chi connectivity index (χ3n) is 4.07. The molecule has 1 saturated heterocycles. The fraction of sp³-hybridized carbons (Fsp3) is 0.263. The van der Waals surface area contributed by atoms with Crippen LogP contribution in [-0.2, 0) is 14.3 Å². The molecule has 0 bridgehead atoms. The predicted molar refractivity (Wildman–Crippen MR) is 100.0 cm³/mol. The number of hydrogen-bond donors (Lipinski definition) is 1. The molecule has 140 valence electrons. The molecule has 0 radical (unpaired) electrons. The lowest BCUT2D eigenvalue weighted by Crippen LogP contribution is -2.31. The zero-order valence-electron chi connectivity index (χ0n) is 14.5. The molecule has 1 aliphatic rings. The molecular weight excluding hydrogens is 368 g/mol. The van der Waals surface area contributed by atoms with Crippen LogP contribution in [0.25, 0.3) is 0 Å². The van der Waals surface area contributed by atoms with Crippen LogP contribution in [-0.4, -0.2) is 43.3 Å². The lowest BCUT2D eigenvalue weighted by atomic mass is 10.2. The summed E-state index contributed by atoms with van der Waals surface area (Å²) < 4.78 is 4.87. The standard InChI is InChI=1S/C19H18N2O5S/c22-15(16-3-2-10-27-16)12-26-18(24)11-20-19(25)13-5-7-14(8-6-13)21-9-1-4-17(21)23/h2-3,5-8,10H,1,4,9,11-12H2,(H,20,25). The van der Waals surface area contributed by atoms with Gasteiger partial charge in [-0.2, -0.15) is 0 Å². The van der Waals surface area contributed by atoms with E-state index in [1.54, 1.807) is 46.7 Å². The zero-order chi connectivity index (χ0) is 19.2. The number of nitrogens with one attached hydrogen (secondary N) is 1. The second kappa shape index (κ2) is 8.59. The molecule has 1 aliphatic heterocycles. The fourth-order valence-corrected chi connectivity index (χ4v) is 3.33. The minimum absolute atomic E-state index is 0.0760. The van der Waals surface area contributed by atoms with E-state index in [1.165, 1.54) is 11.3 Å². The van der Waals surface area contributed by atoms with Gasteiger partial charge in [0.15, 0.2) is 6.61 Å². The largest absolute Gasteiger partial charge is 0.456 e. The van der Waals surface area contributed by atoms with Gasteiger partial charge in [-0.25, -0.2) is 0 Å². The van der Waals surface area contributed by atoms with Crippen LogP contribution in [0.4, 0.5) is 5.69 Å². The van der Waals surface area contributed by atoms with Crippen LogP contribution in [0.2, 0.25) is 0 Å². The summed E-state index contributed by atoms with van der Waals surface area (Å²) in [5, 5.41) is 4.22. The molecule has 1 fully saturated rings. The highest BCUT2D eigenvalue weighted by Crippen LogP contribution is 2.21. The number of Topliss-reactive ketones (excluding diaryl/α,β-unsaturated/α-hetero) is 1. The molecule has 0 saturated carbocycles. The van der Waals surface area contributed by atoms with Gasteiger partial charge in [0, 0.05) is 24.2 Å². The molecule has 1 N–H and O–H groups in total. The number of ether oxygens (including phenoxy) is 1. The Hall–Kier alpha value is -3.00. The van der Waals surface area contributed by atoms with E-state index in [0.29, 0.717) is 23.4 Å². The van der Waals surface area contributed by atoms with Crippen molar-refractivity contribution in [3.63, 3.8) is 0 Å². The first kappa shape index (κ1) is 18.8. The molecule has 2 heterocycles. The number of ketones is 1. The van der Waals surface area contributed by atoms with E-state index in [0.717, 1.165) is 12.1 Å². The van der Waals surface area contributed by atoms with Crippen molar-refractivity contribution in [3.05, 3.63) is 52.2 Å². The first-order valence-corrected chi connectivity index (χ1v) is 9.33. The molecule has 0 spiro atoms. The van der Waals surface area contributed by atoms with Crippen molar-refractivity contribution in [2.24, 2.45) is 0 Å². The molecule has 8 heteroatoms. The van der Waals surface area contributed by atoms with Crippen molar-refractivity contribution in [1.29, 1.82) is 0 Å². The monoisotopic (exact) mass is 386 g/mol. The Morgan fingerprint density at radius 1 is 1.15 bits per heavy atom. The molecule has 7 nitrogen and oxygen atoms in total. The van der Waals surface area contributed by atoms with Crippen LogP contribution in [0.15, 0.2) is 41.8 Å². The van der Waals surface area contributed by atoms with E-state index in [1.807, 2.05) is 0 Å². The van der Waals surface area contributed by atoms with Gasteiger partial charge in [0.1, 0.15) is 6.54 Å². The summed E-state index contributed by atoms with van der Waals surface area (Å²) in [6.45, 7) is -0.00287. The van der Waals surface area contributed by atoms with E-state index >= 15 is 0 Å². The highest BCUT2D eigenvalue weighted by molar-refractivity contribution is 7.12. The number of benzene rings is 1. The molecule has 27 heavy (non-hydrogen) atoms. The number of anilines is 1. The van der Waals surface area contributed by atoms with Gasteiger partial charge in [0.25, 0.3) is 5.91 Å². The van der Waals surface area contributed by atoms with Gasteiger partial charge in [0.05, 0.1) is 4.88 Å². The molecule has 0 unspecified atom stereocenters. The van der Waals surface area contributed by atoms with E-state index in [-0.39, 0.29) is 24.8 Å². The molecule has 1 aromatic carbocycles. The number of amides is 2. The topological polar surface area (TPSA) is 92.8 Å². The molecule has 0 aliphatic carbocycles. The highest BCUT2D eigenvalue weighted by Gasteiger charge is 2.21. The zero-order valence-corrected chi connectivity index (χ0v) is 15.3. The average molecular weight is 386 g/mol. The van der Waals surface area contributed by atoms with Crippen molar-refractivity contribution in [2.75, 3.05) is 24.6 Å². The number of thiophene rings is 1. The first-order chi connectivity index (χ1) is 13.0. The van der Waals surface area contributed by atoms with Crippen molar-refractivity contribution in [2.45, 2.75) is 12.8 Å². The number of rotatable bonds is 7. The maximum absolute atomic E-state index is 12.1. The molecule has 2 amide bonds. The number of esters is 1. The van der Waals surface area contributed by atoms with Crippen LogP contribution in [0, 0.1) is 0 Å². The molecule has 0 atom stereocenters. The average Bonchev–Trinajstić information content (AvgIpc) is 3.36. The summed E-state index contributed by atoms with van der Waals surface area (Å²) in [4.78, 5) is 49.5. The minimum atomic E-state index is -0.687. The van der Waals surface area contributed by atoms with E-state index in [9.17, 15) is 19.2 Å². The van der Waals surface area contributed by atoms with Crippen LogP contribution in [0.5, 0.6) is 0 Å². The van der Waals surface area contributed by atoms with Gasteiger partial charge in [0.2, 0.25) is 11.7 Å². The summed E-state index contributed by atoms with van der Waals surface area (Å²) in [6.07, 6.45) is 1.37. The van der Waals surface area contributed by atoms with Crippen LogP contribution >= 0.6 is 11.3 Å². The Bertz CT molecular complexity index is 845. The number of nitrogens with zero attached hydrogens (tertiary/aromatic N) is 1. The summed E-state index contributed by atoms with van der Waals surface area (Å²) >= 11 is 1.27. The van der Waals surface area contributed by atoms with Crippen LogP contribution < -0.4 is 10.2 Å². The molecular formula is C19H18N2O5S. The van der Waals surface area contributed by atoms with Gasteiger partial charge >= 0.3 is 5.97 Å². The summed E-state index contributed by atoms with van der Waals surface area (Å²) in [5.74, 6) is -1.33. The summed E-state index contributed by atoms with van der Waals surface area (Å²) in [5.41, 5.74) is 1.12. The quantitative estimate of drug-likeness (QED) is 0.581. The van der Waals surface area contributed by atoms with E-state index in [2.05, 4.69) is 5.32 Å². The Kier molecular flexibility index (Phi) is 5.97. The van der Waals surface area contributed by atoms with E-state index in [4.69, 9.17) is 4.74 Å². The highest BCUT2D eigenvalue weighted by atomic mass is 32.1. The third-order valence-corrected chi connectivity index (χ3v) is 4.98. The van der Waals surface area contributed by atoms with Gasteiger partial charge in [-0.15, -0.1) is 11.3 Å². The minimum Gasteiger partial charge on any atom is -0.456 e. The summed E-state index contributed by atoms with van der Waals surface area (Å²) in [6, 6.07) is 10.0. The Morgan fingerprint density at radius 2 is 1.93 bits per heavy atom. The predicted octanol–water partition coefficient (Wildman–Crippen LogP) is 2.03. The van der Waals surface area contributed by atoms with Gasteiger partial charge in [-0.3, -0.25) is 19.2 Å². The van der Waals surface area contributed by atoms with Crippen molar-refractivity contribution in [3.8, 4) is 0 Å². The van der Waals surface area contributed by atoms with Gasteiger partial charge in [-0.05, 0) is 42.1 Å². The Morgan fingerprint density at radius 3 is 2.56 bits per heavy atom. The SMILES string of the molecule is O=C(CNC(=O)c1ccc(N2CCCC2=O)cc1)OCC(=O)c1cccs1. The van der Waals surface area contributed by atoms with Crippen molar-refractivity contribution in [1.82, 2.24) is 5.32 Å². The van der Waals surface area contributed by atoms with Crippen LogP contribution in [0.3, 0.4) is 0 Å². The normalized spacial score (nSPS) is 13.5. The second-order valence-corrected chi connectivity index (χ2v) is 6.89. The van der Waals surface area contributed by atoms with Gasteiger partial charge in [-0.1, -0.05) is 6.07 Å². The van der Waals surface area contributed by atoms with Crippen LogP contribution in [0.1, 0.15) is 32.9 Å². The van der Waals surface area contributed by atoms with E-state index < -0.39 is 11.9 Å². The second-order valence-electron chi connectivity index (χ2n) is 5.94. The summed E-state index contributed by atoms with van der Waals surface area (Å²) in [7, 11) is 0.